The van der Waals surface area contributed by atoms with Crippen molar-refractivity contribution in [1.29, 1.82) is 0 Å². The minimum absolute atomic E-state index is 0.00446. The third-order valence-corrected chi connectivity index (χ3v) is 10.3. The first-order chi connectivity index (χ1) is 32.8. The van der Waals surface area contributed by atoms with E-state index >= 15 is 0 Å². The van der Waals surface area contributed by atoms with Gasteiger partial charge < -0.3 is 23.9 Å². The fourth-order valence-electron chi connectivity index (χ4n) is 6.50. The molecule has 1 unspecified atom stereocenters. The van der Waals surface area contributed by atoms with Crippen LogP contribution in [-0.2, 0) is 35.6 Å². The minimum Gasteiger partial charge on any atom is -0.457 e. The fourth-order valence-corrected chi connectivity index (χ4v) is 6.50. The van der Waals surface area contributed by atoms with Crippen molar-refractivity contribution in [2.24, 2.45) is 5.14 Å². The number of imidazole rings is 1. The molecular formula is C46H51F3N8O11S. The van der Waals surface area contributed by atoms with Crippen molar-refractivity contribution in [3.63, 3.8) is 0 Å². The molecule has 5 aromatic rings. The topological polar surface area (TPSA) is 246 Å². The number of aromatic amines is 1. The fraction of sp³-hybridized carbons (Fsp3) is 0.326. The Morgan fingerprint density at radius 1 is 0.754 bits per heavy atom. The van der Waals surface area contributed by atoms with Gasteiger partial charge in [-0.2, -0.15) is 0 Å². The van der Waals surface area contributed by atoms with Crippen LogP contribution < -0.4 is 25.2 Å². The Balaban J connectivity index is 0.000000187. The summed E-state index contributed by atoms with van der Waals surface area (Å²) in [6.45, 7) is 8.69. The van der Waals surface area contributed by atoms with E-state index in [1.54, 1.807) is 43.6 Å². The van der Waals surface area contributed by atoms with Crippen LogP contribution in [0.5, 0.6) is 0 Å². The van der Waals surface area contributed by atoms with E-state index in [9.17, 15) is 45.6 Å². The van der Waals surface area contributed by atoms with Crippen LogP contribution in [0.2, 0.25) is 0 Å². The van der Waals surface area contributed by atoms with E-state index in [0.29, 0.717) is 60.7 Å². The maximum absolute atomic E-state index is 14.3. The Morgan fingerprint density at radius 2 is 1.22 bits per heavy atom. The molecule has 3 fully saturated rings. The number of nitrogens with two attached hydrogens (primary N) is 1. The number of carbonyl (C=O) groups excluding carboxylic acids is 5. The average molecular weight is 981 g/mol. The van der Waals surface area contributed by atoms with Gasteiger partial charge in [0.05, 0.1) is 54.1 Å². The number of halogens is 3. The number of cyclic esters (lactones) is 3. The second-order valence-electron chi connectivity index (χ2n) is 15.5. The highest BCUT2D eigenvalue weighted by molar-refractivity contribution is 7.88. The first-order valence-corrected chi connectivity index (χ1v) is 23.4. The number of rotatable bonds is 11. The molecule has 4 N–H and O–H groups in total. The number of aryl methyl sites for hydroxylation is 1. The van der Waals surface area contributed by atoms with Gasteiger partial charge in [0.1, 0.15) is 42.4 Å². The van der Waals surface area contributed by atoms with Gasteiger partial charge >= 0.3 is 24.2 Å². The summed E-state index contributed by atoms with van der Waals surface area (Å²) < 4.78 is 81.2. The number of ether oxygens (including phenoxy) is 4. The molecule has 5 heterocycles. The number of nitrogens with zero attached hydrogens (tertiary/aromatic N) is 5. The number of nitrogens with one attached hydrogen (secondary N) is 2. The third kappa shape index (κ3) is 15.0. The van der Waals surface area contributed by atoms with E-state index in [2.05, 4.69) is 25.4 Å². The van der Waals surface area contributed by atoms with Crippen LogP contribution in [0.25, 0.3) is 0 Å². The van der Waals surface area contributed by atoms with Crippen LogP contribution in [0.1, 0.15) is 71.9 Å². The summed E-state index contributed by atoms with van der Waals surface area (Å²) in [5, 5.41) is 6.77. The van der Waals surface area contributed by atoms with Crippen molar-refractivity contribution in [2.75, 3.05) is 45.9 Å². The van der Waals surface area contributed by atoms with Gasteiger partial charge in [-0.25, -0.2) is 50.9 Å². The maximum atomic E-state index is 14.3. The summed E-state index contributed by atoms with van der Waals surface area (Å²) >= 11 is 0. The van der Waals surface area contributed by atoms with E-state index in [1.807, 2.05) is 20.8 Å². The zero-order chi connectivity index (χ0) is 50.4. The van der Waals surface area contributed by atoms with Crippen LogP contribution in [-0.4, -0.2) is 97.7 Å². The lowest BCUT2D eigenvalue weighted by Gasteiger charge is -2.14. The van der Waals surface area contributed by atoms with Crippen LogP contribution >= 0.6 is 0 Å². The number of sulfonamides is 1. The minimum atomic E-state index is -3.17. The monoisotopic (exact) mass is 980 g/mol. The SMILES string of the molecule is CCC1CN(c2ccc(C(=O)OCc3cccnc3)c(F)c2)C(=O)O1.CC[C@H]1CN(c2ccc(C(=O)Nc3ncc[nH]3)c(F)c2)C(=O)O1.CC[C@H]1CN(c2ccc(C)c(F)c2)C(=O)O1.CS(N)(=O)=O. The lowest BCUT2D eigenvalue weighted by molar-refractivity contribution is 0.0466. The lowest BCUT2D eigenvalue weighted by Crippen LogP contribution is -2.25. The summed E-state index contributed by atoms with van der Waals surface area (Å²) in [5.74, 6) is -2.94. The van der Waals surface area contributed by atoms with Gasteiger partial charge in [-0.05, 0) is 86.3 Å². The Kier molecular flexibility index (Phi) is 18.2. The molecular weight excluding hydrogens is 930 g/mol. The van der Waals surface area contributed by atoms with Crippen molar-refractivity contribution in [1.82, 2.24) is 15.0 Å². The van der Waals surface area contributed by atoms with Gasteiger partial charge in [-0.15, -0.1) is 0 Å². The standard InChI is InChI=1S/C18H17FN2O4.C15H15FN4O3.C12H14FNO2.CH5NO2S/c1-2-14-10-21(18(23)25-14)13-5-6-15(16(19)8-13)17(22)24-11-12-4-3-7-20-9-12;1-2-10-8-20(15(22)23-10)9-3-4-11(12(16)7-9)13(21)19-14-17-5-6-18-14;1-3-10-7-14(12(15)16-10)9-5-4-8(2)11(13)6-9;1-5(2,3)4/h3-9,14H,2,10-11H2,1H3;3-7,10H,2,8H2,1H3,(H2,17,18,19,21);4-6,10H,3,7H2,1-2H3;1H3,(H2,2,3,4)/t;2*10-;/m.00./s1. The molecule has 69 heavy (non-hydrogen) atoms. The molecule has 2 aromatic heterocycles. The molecule has 8 rings (SSSR count). The van der Waals surface area contributed by atoms with Crippen LogP contribution in [0.15, 0.2) is 91.5 Å². The molecule has 0 aliphatic carbocycles. The largest absolute Gasteiger partial charge is 0.457 e. The predicted molar refractivity (Wildman–Crippen MR) is 247 cm³/mol. The normalized spacial score (nSPS) is 17.3. The molecule has 19 nitrogen and oxygen atoms in total. The second kappa shape index (κ2) is 24.0. The number of hydrogen-bond acceptors (Lipinski definition) is 13. The number of carbonyl (C=O) groups is 5. The van der Waals surface area contributed by atoms with Gasteiger partial charge in [0.2, 0.25) is 16.0 Å². The first-order valence-electron chi connectivity index (χ1n) is 21.4. The van der Waals surface area contributed by atoms with Crippen molar-refractivity contribution < 1.29 is 64.5 Å². The van der Waals surface area contributed by atoms with E-state index in [4.69, 9.17) is 18.9 Å². The average Bonchev–Trinajstić information content (AvgIpc) is 4.14. The van der Waals surface area contributed by atoms with Gasteiger partial charge in [-0.1, -0.05) is 32.9 Å². The lowest BCUT2D eigenvalue weighted by atomic mass is 10.1. The van der Waals surface area contributed by atoms with Gasteiger partial charge in [0.15, 0.2) is 0 Å². The summed E-state index contributed by atoms with van der Waals surface area (Å²) in [6.07, 6.45) is 7.35. The van der Waals surface area contributed by atoms with E-state index in [1.165, 1.54) is 57.4 Å². The van der Waals surface area contributed by atoms with E-state index < -0.39 is 51.8 Å². The Morgan fingerprint density at radius 3 is 1.61 bits per heavy atom. The molecule has 3 saturated heterocycles. The van der Waals surface area contributed by atoms with Crippen molar-refractivity contribution >= 4 is 63.2 Å². The zero-order valence-corrected chi connectivity index (χ0v) is 39.0. The predicted octanol–water partition coefficient (Wildman–Crippen LogP) is 7.62. The summed E-state index contributed by atoms with van der Waals surface area (Å²) in [4.78, 5) is 73.8. The van der Waals surface area contributed by atoms with Gasteiger partial charge in [-0.3, -0.25) is 29.8 Å². The molecule has 0 bridgehead atoms. The van der Waals surface area contributed by atoms with Crippen molar-refractivity contribution in [3.8, 4) is 0 Å². The van der Waals surface area contributed by atoms with E-state index in [0.717, 1.165) is 24.8 Å². The number of esters is 1. The van der Waals surface area contributed by atoms with Gasteiger partial charge in [0, 0.05) is 30.4 Å². The third-order valence-electron chi connectivity index (χ3n) is 10.3. The molecule has 0 radical (unpaired) electrons. The number of hydrogen-bond donors (Lipinski definition) is 3. The van der Waals surface area contributed by atoms with Crippen molar-refractivity contribution in [2.45, 2.75) is 71.9 Å². The van der Waals surface area contributed by atoms with Crippen molar-refractivity contribution in [3.05, 3.63) is 131 Å². The Bertz CT molecular complexity index is 2710. The number of amides is 4. The highest BCUT2D eigenvalue weighted by Crippen LogP contribution is 2.28. The van der Waals surface area contributed by atoms with Crippen LogP contribution in [0.3, 0.4) is 0 Å². The molecule has 0 spiro atoms. The summed E-state index contributed by atoms with van der Waals surface area (Å²) in [5.41, 5.74) is 2.22. The molecule has 0 saturated carbocycles. The number of aromatic nitrogens is 3. The molecule has 3 aliphatic heterocycles. The molecule has 4 amide bonds. The number of H-pyrrole nitrogens is 1. The molecule has 3 aromatic carbocycles. The van der Waals surface area contributed by atoms with Crippen LogP contribution in [0, 0.1) is 24.4 Å². The molecule has 23 heteroatoms. The number of pyridine rings is 1. The highest BCUT2D eigenvalue weighted by atomic mass is 32.2. The van der Waals surface area contributed by atoms with E-state index in [-0.39, 0.29) is 47.8 Å². The number of primary sulfonamides is 1. The highest BCUT2D eigenvalue weighted by Gasteiger charge is 2.34. The number of benzene rings is 3. The maximum Gasteiger partial charge on any atom is 0.414 e. The molecule has 3 aliphatic rings. The Labute approximate surface area is 395 Å². The molecule has 3 atom stereocenters. The quantitative estimate of drug-likeness (QED) is 0.0853. The Hall–Kier alpha value is -7.53. The van der Waals surface area contributed by atoms with Crippen LogP contribution in [0.4, 0.5) is 50.6 Å². The smallest absolute Gasteiger partial charge is 0.414 e. The zero-order valence-electron chi connectivity index (χ0n) is 38.2. The summed E-state index contributed by atoms with van der Waals surface area (Å²) in [7, 11) is -3.17. The first kappa shape index (κ1) is 52.4. The van der Waals surface area contributed by atoms with Gasteiger partial charge in [0.25, 0.3) is 5.91 Å². The number of anilines is 4. The second-order valence-corrected chi connectivity index (χ2v) is 17.2. The molecule has 368 valence electrons. The summed E-state index contributed by atoms with van der Waals surface area (Å²) in [6, 6.07) is 16.2.